The van der Waals surface area contributed by atoms with Crippen molar-refractivity contribution in [3.05, 3.63) is 17.0 Å². The first kappa shape index (κ1) is 14.5. The molecule has 1 atom stereocenters. The number of nitrogens with zero attached hydrogens (tertiary/aromatic N) is 1. The average Bonchev–Trinajstić information content (AvgIpc) is 2.76. The molecule has 1 unspecified atom stereocenters. The van der Waals surface area contributed by atoms with Gasteiger partial charge >= 0.3 is 0 Å². The average molecular weight is 265 g/mol. The molecule has 0 amide bonds. The maximum atomic E-state index is 6.02. The Kier molecular flexibility index (Phi) is 4.63. The summed E-state index contributed by atoms with van der Waals surface area (Å²) in [5.41, 5.74) is 3.69. The molecule has 4 nitrogen and oxygen atoms in total. The fourth-order valence-corrected chi connectivity index (χ4v) is 3.03. The Balaban J connectivity index is 1.93. The van der Waals surface area contributed by atoms with Gasteiger partial charge in [0.25, 0.3) is 0 Å². The third-order valence-corrected chi connectivity index (χ3v) is 4.63. The molecule has 0 saturated carbocycles. The van der Waals surface area contributed by atoms with E-state index in [1.165, 1.54) is 11.3 Å². The lowest BCUT2D eigenvalue weighted by Gasteiger charge is -2.40. The van der Waals surface area contributed by atoms with E-state index in [-0.39, 0.29) is 5.60 Å². The quantitative estimate of drug-likeness (QED) is 0.860. The fraction of sp³-hybridized carbons (Fsp3) is 0.800. The molecule has 2 rings (SSSR count). The summed E-state index contributed by atoms with van der Waals surface area (Å²) in [5, 5.41) is 11.0. The summed E-state index contributed by atoms with van der Waals surface area (Å²) in [6.07, 6.45) is 4.44. The van der Waals surface area contributed by atoms with Gasteiger partial charge in [-0.1, -0.05) is 13.8 Å². The van der Waals surface area contributed by atoms with Gasteiger partial charge in [-0.25, -0.2) is 0 Å². The van der Waals surface area contributed by atoms with E-state index < -0.39 is 0 Å². The highest BCUT2D eigenvalue weighted by Crippen LogP contribution is 2.31. The Morgan fingerprint density at radius 3 is 2.68 bits per heavy atom. The van der Waals surface area contributed by atoms with Crippen molar-refractivity contribution in [2.75, 3.05) is 6.61 Å². The zero-order chi connectivity index (χ0) is 13.9. The Morgan fingerprint density at radius 1 is 1.37 bits per heavy atom. The topological polar surface area (TPSA) is 49.9 Å². The number of H-pyrrole nitrogens is 1. The third-order valence-electron chi connectivity index (χ3n) is 4.63. The number of nitrogens with one attached hydrogen (secondary N) is 2. The van der Waals surface area contributed by atoms with Gasteiger partial charge in [0.05, 0.1) is 11.3 Å². The van der Waals surface area contributed by atoms with Crippen molar-refractivity contribution < 1.29 is 4.74 Å². The van der Waals surface area contributed by atoms with Crippen molar-refractivity contribution in [3.63, 3.8) is 0 Å². The van der Waals surface area contributed by atoms with E-state index in [1.54, 1.807) is 0 Å². The van der Waals surface area contributed by atoms with Crippen molar-refractivity contribution >= 4 is 0 Å². The predicted molar refractivity (Wildman–Crippen MR) is 77.2 cm³/mol. The van der Waals surface area contributed by atoms with Gasteiger partial charge in [-0.05, 0) is 39.5 Å². The van der Waals surface area contributed by atoms with Crippen LogP contribution in [0.5, 0.6) is 0 Å². The zero-order valence-electron chi connectivity index (χ0n) is 12.7. The first-order chi connectivity index (χ1) is 9.10. The van der Waals surface area contributed by atoms with Crippen molar-refractivity contribution in [1.29, 1.82) is 0 Å². The van der Waals surface area contributed by atoms with E-state index in [1.807, 2.05) is 0 Å². The normalized spacial score (nSPS) is 22.6. The number of hydrogen-bond donors (Lipinski definition) is 2. The number of ether oxygens (including phenoxy) is 1. The van der Waals surface area contributed by atoms with Gasteiger partial charge in [-0.15, -0.1) is 0 Å². The number of aromatic amines is 1. The molecule has 1 saturated heterocycles. The van der Waals surface area contributed by atoms with E-state index in [0.717, 1.165) is 44.5 Å². The van der Waals surface area contributed by atoms with E-state index in [2.05, 4.69) is 43.2 Å². The van der Waals surface area contributed by atoms with E-state index in [4.69, 9.17) is 4.74 Å². The van der Waals surface area contributed by atoms with Crippen LogP contribution in [-0.2, 0) is 11.3 Å². The fourth-order valence-electron chi connectivity index (χ4n) is 3.03. The minimum absolute atomic E-state index is 0.0937. The lowest BCUT2D eigenvalue weighted by molar-refractivity contribution is -0.0932. The standard InChI is InChI=1S/C15H27N3O/c1-5-15(6-2)9-13(7-8-19-15)16-10-14-11(3)17-18-12(14)4/h13,16H,5-10H2,1-4H3,(H,17,18). The van der Waals surface area contributed by atoms with Crippen LogP contribution in [0.1, 0.15) is 56.5 Å². The SMILES string of the molecule is CCC1(CC)CC(NCc2c(C)n[nH]c2C)CCO1. The Labute approximate surface area is 116 Å². The van der Waals surface area contributed by atoms with Crippen LogP contribution >= 0.6 is 0 Å². The molecule has 0 aliphatic carbocycles. The molecule has 0 spiro atoms. The Hall–Kier alpha value is -0.870. The molecular formula is C15H27N3O. The molecule has 2 N–H and O–H groups in total. The number of hydrogen-bond acceptors (Lipinski definition) is 3. The van der Waals surface area contributed by atoms with Crippen LogP contribution in [0.3, 0.4) is 0 Å². The van der Waals surface area contributed by atoms with Crippen LogP contribution in [0.4, 0.5) is 0 Å². The van der Waals surface area contributed by atoms with Crippen LogP contribution in [0.25, 0.3) is 0 Å². The molecule has 1 aliphatic rings. The van der Waals surface area contributed by atoms with Gasteiger partial charge < -0.3 is 10.1 Å². The van der Waals surface area contributed by atoms with Crippen LogP contribution in [0.2, 0.25) is 0 Å². The minimum Gasteiger partial charge on any atom is -0.375 e. The number of aryl methyl sites for hydroxylation is 2. The molecule has 4 heteroatoms. The van der Waals surface area contributed by atoms with Crippen molar-refractivity contribution in [2.24, 2.45) is 0 Å². The summed E-state index contributed by atoms with van der Waals surface area (Å²) in [4.78, 5) is 0. The van der Waals surface area contributed by atoms with Crippen molar-refractivity contribution in [1.82, 2.24) is 15.5 Å². The third kappa shape index (κ3) is 3.18. The van der Waals surface area contributed by atoms with E-state index >= 15 is 0 Å². The summed E-state index contributed by atoms with van der Waals surface area (Å²) in [6.45, 7) is 10.4. The molecule has 0 radical (unpaired) electrons. The molecule has 2 heterocycles. The van der Waals surface area contributed by atoms with E-state index in [9.17, 15) is 0 Å². The second kappa shape index (κ2) is 6.06. The minimum atomic E-state index is 0.0937. The van der Waals surface area contributed by atoms with Gasteiger partial charge in [-0.2, -0.15) is 5.10 Å². The molecule has 1 fully saturated rings. The predicted octanol–water partition coefficient (Wildman–Crippen LogP) is 2.85. The zero-order valence-corrected chi connectivity index (χ0v) is 12.7. The molecule has 1 aliphatic heterocycles. The van der Waals surface area contributed by atoms with Gasteiger partial charge in [0.1, 0.15) is 0 Å². The molecule has 0 aromatic carbocycles. The lowest BCUT2D eigenvalue weighted by Crippen LogP contribution is -2.46. The van der Waals surface area contributed by atoms with Crippen LogP contribution in [-0.4, -0.2) is 28.4 Å². The summed E-state index contributed by atoms with van der Waals surface area (Å²) in [5.74, 6) is 0. The highest BCUT2D eigenvalue weighted by molar-refractivity contribution is 5.22. The summed E-state index contributed by atoms with van der Waals surface area (Å²) < 4.78 is 6.02. The van der Waals surface area contributed by atoms with Crippen LogP contribution < -0.4 is 5.32 Å². The maximum absolute atomic E-state index is 6.02. The number of aromatic nitrogens is 2. The Bertz CT molecular complexity index is 390. The number of rotatable bonds is 5. The van der Waals surface area contributed by atoms with Crippen LogP contribution in [0, 0.1) is 13.8 Å². The highest BCUT2D eigenvalue weighted by Gasteiger charge is 2.34. The van der Waals surface area contributed by atoms with Crippen LogP contribution in [0.15, 0.2) is 0 Å². The van der Waals surface area contributed by atoms with Crippen molar-refractivity contribution in [3.8, 4) is 0 Å². The molecule has 19 heavy (non-hydrogen) atoms. The Morgan fingerprint density at radius 2 is 2.11 bits per heavy atom. The smallest absolute Gasteiger partial charge is 0.0692 e. The van der Waals surface area contributed by atoms with Gasteiger partial charge in [-0.3, -0.25) is 5.10 Å². The maximum Gasteiger partial charge on any atom is 0.0692 e. The van der Waals surface area contributed by atoms with Gasteiger partial charge in [0.15, 0.2) is 0 Å². The second-order valence-corrected chi connectivity index (χ2v) is 5.72. The summed E-state index contributed by atoms with van der Waals surface area (Å²) in [6, 6.07) is 0.558. The first-order valence-corrected chi connectivity index (χ1v) is 7.48. The molecule has 1 aromatic rings. The molecule has 1 aromatic heterocycles. The van der Waals surface area contributed by atoms with Crippen molar-refractivity contribution in [2.45, 2.75) is 71.6 Å². The van der Waals surface area contributed by atoms with Gasteiger partial charge in [0, 0.05) is 30.5 Å². The monoisotopic (exact) mass is 265 g/mol. The lowest BCUT2D eigenvalue weighted by atomic mass is 9.86. The molecular weight excluding hydrogens is 238 g/mol. The second-order valence-electron chi connectivity index (χ2n) is 5.72. The largest absolute Gasteiger partial charge is 0.375 e. The summed E-state index contributed by atoms with van der Waals surface area (Å²) in [7, 11) is 0. The first-order valence-electron chi connectivity index (χ1n) is 7.48. The molecule has 0 bridgehead atoms. The summed E-state index contributed by atoms with van der Waals surface area (Å²) >= 11 is 0. The highest BCUT2D eigenvalue weighted by atomic mass is 16.5. The van der Waals surface area contributed by atoms with E-state index in [0.29, 0.717) is 6.04 Å². The molecule has 108 valence electrons. The van der Waals surface area contributed by atoms with Gasteiger partial charge in [0.2, 0.25) is 0 Å².